The fraction of sp³-hybridized carbons (Fsp3) is 0.550. The van der Waals surface area contributed by atoms with Gasteiger partial charge in [-0.25, -0.2) is 0 Å². The van der Waals surface area contributed by atoms with Crippen LogP contribution in [0.4, 0.5) is 5.69 Å². The summed E-state index contributed by atoms with van der Waals surface area (Å²) in [5.74, 6) is 14.2. The number of aryl methyl sites for hydroxylation is 2. The SMILES string of the molecule is C1CCCC1.C=C.C=CN(C)C(C(=C)NC(Cc1cc(C)cc(-c2ccc3c(c2)c(CC(C)(C)CCC)c(-c2cc(C#CCN4CCC(CCS(=C)C)CC4)cnc2C(C)CC)n3CC)c1)C(=C)N(C)CCCCN)C(C)C.CC.CC.Nc1ccccc1. The zero-order valence-electron chi connectivity index (χ0n) is 59.6. The molecule has 3 aromatic carbocycles. The Hall–Kier alpha value is -5.79. The first-order valence-corrected chi connectivity index (χ1v) is 36.3. The third-order valence-electron chi connectivity index (χ3n) is 17.3. The number of pyridine rings is 1. The summed E-state index contributed by atoms with van der Waals surface area (Å²) in [6.07, 6.45) is 24.6. The predicted molar refractivity (Wildman–Crippen MR) is 403 cm³/mol. The summed E-state index contributed by atoms with van der Waals surface area (Å²) in [6.45, 7) is 53.8. The van der Waals surface area contributed by atoms with Crippen molar-refractivity contribution >= 4 is 32.9 Å². The molecular formula is C80H128N8S. The van der Waals surface area contributed by atoms with Gasteiger partial charge in [0.2, 0.25) is 0 Å². The molecule has 1 saturated carbocycles. The monoisotopic (exact) mass is 1230 g/mol. The number of hydrogen-bond donors (Lipinski definition) is 3. The lowest BCUT2D eigenvalue weighted by Crippen LogP contribution is -2.45. The average molecular weight is 1230 g/mol. The fourth-order valence-corrected chi connectivity index (χ4v) is 13.2. The standard InChI is InChI=1S/C63H95N7S.C6H7N.C5H10.2C2H6.C2H4/c1-17-30-63(11,12)43-57-55-42-53(54-38-46(7)37-52(39-54)41-58(49(10)68(14)32-22-21-31-64)66-48(9)61(45(5)6)67(13)19-3)25-26-59(55)70(20-4)62(57)56-40-51(44-65-60(56)47(8)18-2)24-23-33-69-34-27-50(28-35-69)29-36-71(15)16;7-6-4-2-1-3-5-6;1-2-4-5-3-1;3*1-2/h19,25-26,37-40,42,44-45,47,50,58,61,66H,3,9-10,15,17-18,20-22,27-36,41,43,64H2,1-2,4-8,11-14,16H3;1-5H,7H2;1-5H2;2*1-2H3;1-2H2. The third kappa shape index (κ3) is 26.2. The fourth-order valence-electron chi connectivity index (χ4n) is 12.5. The molecule has 4 unspecified atom stereocenters. The van der Waals surface area contributed by atoms with Crippen molar-refractivity contribution in [1.82, 2.24) is 29.6 Å². The second-order valence-corrected chi connectivity index (χ2v) is 27.4. The Morgan fingerprint density at radius 3 is 2.07 bits per heavy atom. The highest BCUT2D eigenvalue weighted by atomic mass is 32.2. The van der Waals surface area contributed by atoms with Gasteiger partial charge in [-0.05, 0) is 185 Å². The van der Waals surface area contributed by atoms with Gasteiger partial charge in [-0.2, -0.15) is 10.5 Å². The molecule has 4 atom stereocenters. The quantitative estimate of drug-likeness (QED) is 0.0159. The maximum Gasteiger partial charge on any atom is 0.0696 e. The largest absolute Gasteiger partial charge is 0.399 e. The zero-order valence-corrected chi connectivity index (χ0v) is 60.4. The van der Waals surface area contributed by atoms with Crippen molar-refractivity contribution < 1.29 is 0 Å². The Kier molecular flexibility index (Phi) is 38.4. The summed E-state index contributed by atoms with van der Waals surface area (Å²) < 4.78 is 2.57. The molecule has 89 heavy (non-hydrogen) atoms. The minimum Gasteiger partial charge on any atom is -0.399 e. The van der Waals surface area contributed by atoms with Crippen molar-refractivity contribution in [2.24, 2.45) is 23.0 Å². The van der Waals surface area contributed by atoms with Gasteiger partial charge in [0.1, 0.15) is 0 Å². The normalized spacial score (nSPS) is 14.4. The van der Waals surface area contributed by atoms with Crippen LogP contribution in [0.3, 0.4) is 0 Å². The molecule has 7 rings (SSSR count). The minimum absolute atomic E-state index is 0.0559. The van der Waals surface area contributed by atoms with Gasteiger partial charge in [0.15, 0.2) is 0 Å². The number of piperidine rings is 1. The number of nitrogens with zero attached hydrogens (tertiary/aromatic N) is 5. The average Bonchev–Trinajstić information content (AvgIpc) is 1.69. The molecule has 2 aromatic heterocycles. The molecule has 5 N–H and O–H groups in total. The van der Waals surface area contributed by atoms with E-state index in [1.165, 1.54) is 113 Å². The maximum atomic E-state index is 5.91. The number of likely N-dealkylation sites (tertiary alicyclic amines) is 1. The number of nitrogens with one attached hydrogen (secondary N) is 1. The Morgan fingerprint density at radius 2 is 1.53 bits per heavy atom. The van der Waals surface area contributed by atoms with Crippen LogP contribution in [0.1, 0.15) is 200 Å². The van der Waals surface area contributed by atoms with Gasteiger partial charge >= 0.3 is 0 Å². The van der Waals surface area contributed by atoms with Gasteiger partial charge < -0.3 is 31.2 Å². The van der Waals surface area contributed by atoms with Crippen molar-refractivity contribution in [3.8, 4) is 34.2 Å². The summed E-state index contributed by atoms with van der Waals surface area (Å²) in [7, 11) is 4.52. The zero-order chi connectivity index (χ0) is 66.6. The highest BCUT2D eigenvalue weighted by Gasteiger charge is 2.29. The summed E-state index contributed by atoms with van der Waals surface area (Å²) >= 11 is 0. The van der Waals surface area contributed by atoms with Crippen molar-refractivity contribution in [3.63, 3.8) is 0 Å². The van der Waals surface area contributed by atoms with Crippen molar-refractivity contribution in [2.45, 2.75) is 211 Å². The van der Waals surface area contributed by atoms with Crippen LogP contribution in [0.25, 0.3) is 33.3 Å². The molecule has 0 amide bonds. The number of nitrogens with two attached hydrogens (primary N) is 2. The minimum atomic E-state index is -0.0559. The van der Waals surface area contributed by atoms with Crippen LogP contribution in [0.5, 0.6) is 0 Å². The summed E-state index contributed by atoms with van der Waals surface area (Å²) in [6, 6.07) is 26.2. The van der Waals surface area contributed by atoms with Crippen molar-refractivity contribution in [3.05, 3.63) is 157 Å². The lowest BCUT2D eigenvalue weighted by molar-refractivity contribution is 0.201. The Balaban J connectivity index is 0.00000130. The highest BCUT2D eigenvalue weighted by Crippen LogP contribution is 2.43. The van der Waals surface area contributed by atoms with E-state index in [1.807, 2.05) is 70.4 Å². The summed E-state index contributed by atoms with van der Waals surface area (Å²) in [4.78, 5) is 12.3. The van der Waals surface area contributed by atoms with Gasteiger partial charge in [0.05, 0.1) is 30.0 Å². The molecule has 1 aliphatic carbocycles. The van der Waals surface area contributed by atoms with E-state index >= 15 is 0 Å². The number of fused-ring (bicyclic) bond motifs is 1. The second-order valence-electron chi connectivity index (χ2n) is 25.4. The van der Waals surface area contributed by atoms with E-state index in [9.17, 15) is 0 Å². The molecule has 1 aliphatic heterocycles. The Labute approximate surface area is 549 Å². The molecule has 3 heterocycles. The van der Waals surface area contributed by atoms with Gasteiger partial charge in [0.25, 0.3) is 0 Å². The Bertz CT molecular complexity index is 2900. The van der Waals surface area contributed by atoms with Crippen molar-refractivity contribution in [2.75, 3.05) is 64.6 Å². The molecule has 1 saturated heterocycles. The van der Waals surface area contributed by atoms with E-state index in [-0.39, 0.29) is 28.0 Å². The van der Waals surface area contributed by atoms with Gasteiger partial charge in [-0.3, -0.25) is 9.88 Å². The van der Waals surface area contributed by atoms with E-state index in [0.717, 1.165) is 106 Å². The first kappa shape index (κ1) is 79.3. The number of hydrogen-bond acceptors (Lipinski definition) is 7. The summed E-state index contributed by atoms with van der Waals surface area (Å²) in [5.41, 5.74) is 26.6. The number of nitrogen functional groups attached to an aromatic ring is 1. The van der Waals surface area contributed by atoms with Crippen LogP contribution in [0.2, 0.25) is 0 Å². The van der Waals surface area contributed by atoms with Crippen LogP contribution in [0, 0.1) is 36.0 Å². The molecular weight excluding hydrogens is 1110 g/mol. The van der Waals surface area contributed by atoms with Crippen LogP contribution < -0.4 is 16.8 Å². The Morgan fingerprint density at radius 1 is 0.888 bits per heavy atom. The molecule has 0 bridgehead atoms. The molecule has 0 spiro atoms. The lowest BCUT2D eigenvalue weighted by Gasteiger charge is -2.36. The van der Waals surface area contributed by atoms with Gasteiger partial charge in [0, 0.05) is 72.5 Å². The van der Waals surface area contributed by atoms with Crippen LogP contribution >= 0.6 is 10.5 Å². The van der Waals surface area contributed by atoms with E-state index < -0.39 is 0 Å². The smallest absolute Gasteiger partial charge is 0.0696 e. The van der Waals surface area contributed by atoms with E-state index in [0.29, 0.717) is 18.4 Å². The molecule has 0 radical (unpaired) electrons. The van der Waals surface area contributed by atoms with E-state index in [2.05, 4.69) is 194 Å². The van der Waals surface area contributed by atoms with Gasteiger partial charge in [-0.15, -0.1) is 13.2 Å². The number of likely N-dealkylation sites (N-methyl/N-ethyl adjacent to an activating group) is 2. The first-order chi connectivity index (χ1) is 42.7. The molecule has 2 aliphatic rings. The number of para-hydroxylation sites is 1. The molecule has 2 fully saturated rings. The molecule has 5 aromatic rings. The second kappa shape index (κ2) is 43.1. The number of rotatable bonds is 27. The predicted octanol–water partition coefficient (Wildman–Crippen LogP) is 19.7. The number of benzene rings is 3. The maximum absolute atomic E-state index is 5.91. The van der Waals surface area contributed by atoms with Crippen LogP contribution in [0.15, 0.2) is 129 Å². The number of aromatic nitrogens is 2. The molecule has 9 heteroatoms. The van der Waals surface area contributed by atoms with Crippen LogP contribution in [-0.2, 0) is 19.4 Å². The highest BCUT2D eigenvalue weighted by molar-refractivity contribution is 8.13. The summed E-state index contributed by atoms with van der Waals surface area (Å²) in [5, 5.41) is 5.23. The first-order valence-electron chi connectivity index (χ1n) is 34.3. The van der Waals surface area contributed by atoms with Gasteiger partial charge in [-0.1, -0.05) is 200 Å². The van der Waals surface area contributed by atoms with E-state index in [4.69, 9.17) is 23.0 Å². The molecule has 494 valence electrons. The van der Waals surface area contributed by atoms with Crippen LogP contribution in [-0.4, -0.2) is 101 Å². The molecule has 8 nitrogen and oxygen atoms in total. The number of anilines is 1. The topological polar surface area (TPSA) is 91.6 Å². The van der Waals surface area contributed by atoms with Crippen molar-refractivity contribution in [1.29, 1.82) is 0 Å². The number of unbranched alkanes of at least 4 members (excludes halogenated alkanes) is 1. The van der Waals surface area contributed by atoms with E-state index in [1.54, 1.807) is 0 Å². The lowest BCUT2D eigenvalue weighted by atomic mass is 9.80. The third-order valence-corrected chi connectivity index (χ3v) is 18.2.